The Morgan fingerprint density at radius 2 is 1.92 bits per heavy atom. The van der Waals surface area contributed by atoms with E-state index in [-0.39, 0.29) is 11.9 Å². The summed E-state index contributed by atoms with van der Waals surface area (Å²) in [5, 5.41) is 4.26. The molecule has 0 aliphatic heterocycles. The van der Waals surface area contributed by atoms with Crippen LogP contribution in [0.2, 0.25) is 0 Å². The summed E-state index contributed by atoms with van der Waals surface area (Å²) in [6.45, 7) is 7.35. The molecule has 5 rings (SSSR count). The molecule has 6 heteroatoms. The number of hydrogen-bond acceptors (Lipinski definition) is 4. The van der Waals surface area contributed by atoms with Crippen molar-refractivity contribution < 1.29 is 4.79 Å². The molecule has 5 nitrogen and oxygen atoms in total. The van der Waals surface area contributed by atoms with Gasteiger partial charge in [0.05, 0.1) is 23.8 Å². The average molecular weight is 499 g/mol. The number of pyridine rings is 1. The molecule has 0 radical (unpaired) electrons. The van der Waals surface area contributed by atoms with Crippen molar-refractivity contribution in [2.24, 2.45) is 11.8 Å². The molecule has 0 spiro atoms. The molecule has 1 aliphatic rings. The number of aryl methyl sites for hydroxylation is 1. The number of benzene rings is 2. The van der Waals surface area contributed by atoms with Crippen LogP contribution in [0.3, 0.4) is 0 Å². The van der Waals surface area contributed by atoms with Gasteiger partial charge in [0.25, 0.3) is 5.91 Å². The Bertz CT molecular complexity index is 1350. The molecular weight excluding hydrogens is 464 g/mol. The Hall–Kier alpha value is -3.12. The summed E-state index contributed by atoms with van der Waals surface area (Å²) in [5.41, 5.74) is 6.37. The third-order valence-electron chi connectivity index (χ3n) is 7.55. The van der Waals surface area contributed by atoms with E-state index in [4.69, 9.17) is 4.98 Å². The normalized spacial score (nSPS) is 19.9. The fraction of sp³-hybridized carbons (Fsp3) is 0.367. The molecule has 0 saturated heterocycles. The average Bonchev–Trinajstić information content (AvgIpc) is 3.23. The van der Waals surface area contributed by atoms with Crippen LogP contribution in [0.15, 0.2) is 72.1 Å². The molecule has 4 aromatic rings. The third kappa shape index (κ3) is 5.49. The van der Waals surface area contributed by atoms with Gasteiger partial charge in [-0.25, -0.2) is 4.98 Å². The van der Waals surface area contributed by atoms with Gasteiger partial charge in [0, 0.05) is 23.6 Å². The van der Waals surface area contributed by atoms with Crippen molar-refractivity contribution in [3.8, 4) is 0 Å². The lowest BCUT2D eigenvalue weighted by molar-refractivity contribution is 0.0891. The number of nitrogens with one attached hydrogen (secondary N) is 1. The topological polar surface area (TPSA) is 59.8 Å². The first-order chi connectivity index (χ1) is 17.5. The molecule has 2 aromatic carbocycles. The van der Waals surface area contributed by atoms with E-state index >= 15 is 0 Å². The maximum Gasteiger partial charge on any atom is 0.251 e. The molecule has 1 aliphatic carbocycles. The number of carbonyl (C=O) groups excluding carboxylic acids is 1. The largest absolute Gasteiger partial charge is 0.349 e. The predicted molar refractivity (Wildman–Crippen MR) is 147 cm³/mol. The summed E-state index contributed by atoms with van der Waals surface area (Å²) in [6.07, 6.45) is 7.18. The molecular formula is C30H34N4OS. The Morgan fingerprint density at radius 1 is 1.08 bits per heavy atom. The standard InChI is InChI=1S/C30H34N4OS/c1-20-6-4-8-24(16-20)19-36-30-33-27-14-15-31-17-28(27)34(30)18-23-10-12-25(13-11-23)29(35)32-26-9-5-7-21(2)22(26)3/h4,6,8,10-17,21-22,26H,5,7,9,18-19H2,1-3H3,(H,32,35)/t21-,22+,26-/m1/s1. The van der Waals surface area contributed by atoms with Gasteiger partial charge in [0.15, 0.2) is 5.16 Å². The van der Waals surface area contributed by atoms with Crippen LogP contribution >= 0.6 is 11.8 Å². The first-order valence-electron chi connectivity index (χ1n) is 12.9. The lowest BCUT2D eigenvalue weighted by Crippen LogP contribution is -2.43. The van der Waals surface area contributed by atoms with Crippen LogP contribution in [0, 0.1) is 18.8 Å². The van der Waals surface area contributed by atoms with E-state index in [1.165, 1.54) is 24.0 Å². The minimum Gasteiger partial charge on any atom is -0.349 e. The van der Waals surface area contributed by atoms with E-state index in [1.54, 1.807) is 18.0 Å². The van der Waals surface area contributed by atoms with Crippen LogP contribution in [0.5, 0.6) is 0 Å². The van der Waals surface area contributed by atoms with Crippen molar-refractivity contribution in [3.63, 3.8) is 0 Å². The summed E-state index contributed by atoms with van der Waals surface area (Å²) in [5.74, 6) is 2.05. The fourth-order valence-corrected chi connectivity index (χ4v) is 6.10. The quantitative estimate of drug-likeness (QED) is 0.290. The number of imidazole rings is 1. The molecule has 2 heterocycles. The molecule has 1 N–H and O–H groups in total. The van der Waals surface area contributed by atoms with E-state index in [2.05, 4.69) is 72.0 Å². The van der Waals surface area contributed by atoms with Gasteiger partial charge >= 0.3 is 0 Å². The smallest absolute Gasteiger partial charge is 0.251 e. The van der Waals surface area contributed by atoms with Crippen LogP contribution < -0.4 is 5.32 Å². The number of thioether (sulfide) groups is 1. The zero-order valence-electron chi connectivity index (χ0n) is 21.3. The van der Waals surface area contributed by atoms with Gasteiger partial charge in [-0.3, -0.25) is 9.78 Å². The van der Waals surface area contributed by atoms with E-state index in [0.717, 1.165) is 39.5 Å². The van der Waals surface area contributed by atoms with Gasteiger partial charge in [-0.15, -0.1) is 0 Å². The van der Waals surface area contributed by atoms with Crippen LogP contribution in [-0.4, -0.2) is 26.5 Å². The van der Waals surface area contributed by atoms with Gasteiger partial charge in [0.1, 0.15) is 0 Å². The molecule has 3 atom stereocenters. The molecule has 1 fully saturated rings. The van der Waals surface area contributed by atoms with Crippen LogP contribution in [0.4, 0.5) is 0 Å². The third-order valence-corrected chi connectivity index (χ3v) is 8.59. The summed E-state index contributed by atoms with van der Waals surface area (Å²) < 4.78 is 2.23. The minimum atomic E-state index is 0.0270. The first kappa shape index (κ1) is 24.6. The number of carbonyl (C=O) groups is 1. The van der Waals surface area contributed by atoms with Crippen molar-refractivity contribution in [1.29, 1.82) is 0 Å². The van der Waals surface area contributed by atoms with E-state index in [1.807, 2.05) is 24.4 Å². The molecule has 1 amide bonds. The van der Waals surface area contributed by atoms with Crippen molar-refractivity contribution in [3.05, 3.63) is 89.2 Å². The van der Waals surface area contributed by atoms with Crippen LogP contribution in [0.25, 0.3) is 11.0 Å². The number of nitrogens with zero attached hydrogens (tertiary/aromatic N) is 3. The van der Waals surface area contributed by atoms with E-state index < -0.39 is 0 Å². The summed E-state index contributed by atoms with van der Waals surface area (Å²) in [4.78, 5) is 22.2. The first-order valence-corrected chi connectivity index (χ1v) is 13.8. The predicted octanol–water partition coefficient (Wildman–Crippen LogP) is 6.63. The highest BCUT2D eigenvalue weighted by atomic mass is 32.2. The van der Waals surface area contributed by atoms with Gasteiger partial charge in [-0.05, 0) is 54.5 Å². The monoisotopic (exact) mass is 498 g/mol. The minimum absolute atomic E-state index is 0.0270. The number of rotatable bonds is 7. The summed E-state index contributed by atoms with van der Waals surface area (Å²) in [7, 11) is 0. The second-order valence-corrected chi connectivity index (χ2v) is 11.1. The SMILES string of the molecule is Cc1cccc(CSc2nc3ccncc3n2Cc2ccc(C(=O)N[C@@H]3CCC[C@@H](C)[C@@H]3C)cc2)c1. The van der Waals surface area contributed by atoms with Crippen LogP contribution in [0.1, 0.15) is 60.2 Å². The molecule has 186 valence electrons. The summed E-state index contributed by atoms with van der Waals surface area (Å²) in [6, 6.07) is 18.8. The maximum atomic E-state index is 12.9. The Balaban J connectivity index is 1.31. The van der Waals surface area contributed by atoms with Crippen LogP contribution in [-0.2, 0) is 12.3 Å². The highest BCUT2D eigenvalue weighted by Crippen LogP contribution is 2.30. The Labute approximate surface area is 217 Å². The summed E-state index contributed by atoms with van der Waals surface area (Å²) >= 11 is 1.74. The molecule has 2 aromatic heterocycles. The second-order valence-electron chi connectivity index (χ2n) is 10.2. The zero-order chi connectivity index (χ0) is 25.1. The Kier molecular flexibility index (Phi) is 7.42. The molecule has 36 heavy (non-hydrogen) atoms. The van der Waals surface area contributed by atoms with Gasteiger partial charge in [0.2, 0.25) is 0 Å². The lowest BCUT2D eigenvalue weighted by Gasteiger charge is -2.34. The molecule has 1 saturated carbocycles. The van der Waals surface area contributed by atoms with Gasteiger partial charge in [-0.2, -0.15) is 0 Å². The fourth-order valence-electron chi connectivity index (χ4n) is 5.14. The molecule has 0 bridgehead atoms. The molecule has 0 unspecified atom stereocenters. The Morgan fingerprint density at radius 3 is 2.72 bits per heavy atom. The number of amides is 1. The lowest BCUT2D eigenvalue weighted by atomic mass is 9.78. The number of aromatic nitrogens is 3. The van der Waals surface area contributed by atoms with E-state index in [0.29, 0.717) is 18.4 Å². The second kappa shape index (κ2) is 10.9. The van der Waals surface area contributed by atoms with E-state index in [9.17, 15) is 4.79 Å². The van der Waals surface area contributed by atoms with Gasteiger partial charge < -0.3 is 9.88 Å². The maximum absolute atomic E-state index is 12.9. The highest BCUT2D eigenvalue weighted by molar-refractivity contribution is 7.98. The van der Waals surface area contributed by atoms with Crippen molar-refractivity contribution in [2.75, 3.05) is 0 Å². The van der Waals surface area contributed by atoms with Crippen molar-refractivity contribution >= 4 is 28.7 Å². The number of hydrogen-bond donors (Lipinski definition) is 1. The van der Waals surface area contributed by atoms with Crippen molar-refractivity contribution in [2.45, 2.75) is 63.5 Å². The zero-order valence-corrected chi connectivity index (χ0v) is 22.1. The highest BCUT2D eigenvalue weighted by Gasteiger charge is 2.28. The number of fused-ring (bicyclic) bond motifs is 1. The van der Waals surface area contributed by atoms with Crippen molar-refractivity contribution in [1.82, 2.24) is 19.9 Å². The van der Waals surface area contributed by atoms with Gasteiger partial charge in [-0.1, -0.05) is 80.4 Å².